The Kier molecular flexibility index (Phi) is 3.58. The first-order chi connectivity index (χ1) is 8.69. The van der Waals surface area contributed by atoms with Crippen molar-refractivity contribution in [2.24, 2.45) is 12.9 Å². The average molecular weight is 250 g/mol. The van der Waals surface area contributed by atoms with Crippen molar-refractivity contribution < 1.29 is 0 Å². The summed E-state index contributed by atoms with van der Waals surface area (Å²) < 4.78 is 3.42. The quantitative estimate of drug-likeness (QED) is 0.489. The van der Waals surface area contributed by atoms with E-state index in [1.807, 2.05) is 4.68 Å². The second-order valence-electron chi connectivity index (χ2n) is 4.09. The smallest absolute Gasteiger partial charge is 0.126 e. The second-order valence-corrected chi connectivity index (χ2v) is 4.09. The van der Waals surface area contributed by atoms with Crippen LogP contribution in [-0.2, 0) is 13.6 Å². The molecule has 0 spiro atoms. The Bertz CT molecular complexity index is 514. The van der Waals surface area contributed by atoms with Gasteiger partial charge in [-0.2, -0.15) is 5.10 Å². The summed E-state index contributed by atoms with van der Waals surface area (Å²) in [5, 5.41) is 12.1. The normalized spacial score (nSPS) is 12.8. The van der Waals surface area contributed by atoms with Crippen LogP contribution in [0.1, 0.15) is 30.6 Å². The number of aromatic nitrogens is 5. The molecule has 0 bridgehead atoms. The number of nitrogens with one attached hydrogen (secondary N) is 1. The molecule has 0 aromatic carbocycles. The highest BCUT2D eigenvalue weighted by Crippen LogP contribution is 2.24. The van der Waals surface area contributed by atoms with E-state index >= 15 is 0 Å². The van der Waals surface area contributed by atoms with Gasteiger partial charge in [0.15, 0.2) is 0 Å². The molecule has 0 aliphatic heterocycles. The number of hydrazine groups is 1. The fourth-order valence-corrected chi connectivity index (χ4v) is 1.90. The Morgan fingerprint density at radius 3 is 2.78 bits per heavy atom. The van der Waals surface area contributed by atoms with Gasteiger partial charge in [-0.25, -0.2) is 10.1 Å². The maximum atomic E-state index is 5.96. The minimum absolute atomic E-state index is 0.264. The van der Waals surface area contributed by atoms with Crippen LogP contribution in [0.2, 0.25) is 0 Å². The number of rotatable bonds is 5. The SMILES string of the molecule is CCCn1nncc1C(NN)c1cnn(C)c1N. The van der Waals surface area contributed by atoms with Gasteiger partial charge in [0.25, 0.3) is 0 Å². The molecule has 0 amide bonds. The number of nitrogens with two attached hydrogens (primary N) is 2. The molecule has 0 aliphatic rings. The summed E-state index contributed by atoms with van der Waals surface area (Å²) in [6, 6.07) is -0.264. The van der Waals surface area contributed by atoms with Crippen LogP contribution in [0.25, 0.3) is 0 Å². The van der Waals surface area contributed by atoms with Crippen LogP contribution in [0.3, 0.4) is 0 Å². The van der Waals surface area contributed by atoms with Crippen molar-refractivity contribution in [1.29, 1.82) is 0 Å². The van der Waals surface area contributed by atoms with Gasteiger partial charge >= 0.3 is 0 Å². The molecule has 8 nitrogen and oxygen atoms in total. The van der Waals surface area contributed by atoms with Gasteiger partial charge in [-0.3, -0.25) is 10.5 Å². The molecular formula is C10H18N8. The number of nitrogen functional groups attached to an aromatic ring is 1. The van der Waals surface area contributed by atoms with Crippen molar-refractivity contribution >= 4 is 5.82 Å². The van der Waals surface area contributed by atoms with Gasteiger partial charge in [-0.1, -0.05) is 12.1 Å². The Morgan fingerprint density at radius 2 is 2.22 bits per heavy atom. The lowest BCUT2D eigenvalue weighted by Gasteiger charge is -2.16. The van der Waals surface area contributed by atoms with E-state index in [-0.39, 0.29) is 6.04 Å². The van der Waals surface area contributed by atoms with Crippen LogP contribution < -0.4 is 17.0 Å². The molecule has 0 radical (unpaired) electrons. The number of anilines is 1. The molecule has 0 fully saturated rings. The summed E-state index contributed by atoms with van der Waals surface area (Å²) in [4.78, 5) is 0. The summed E-state index contributed by atoms with van der Waals surface area (Å²) >= 11 is 0. The maximum Gasteiger partial charge on any atom is 0.126 e. The lowest BCUT2D eigenvalue weighted by Crippen LogP contribution is -2.31. The molecule has 18 heavy (non-hydrogen) atoms. The predicted molar refractivity (Wildman–Crippen MR) is 67.1 cm³/mol. The highest BCUT2D eigenvalue weighted by atomic mass is 15.4. The van der Waals surface area contributed by atoms with Crippen molar-refractivity contribution in [3.05, 3.63) is 23.7 Å². The fraction of sp³-hybridized carbons (Fsp3) is 0.500. The largest absolute Gasteiger partial charge is 0.384 e. The van der Waals surface area contributed by atoms with E-state index in [2.05, 4.69) is 27.8 Å². The predicted octanol–water partition coefficient (Wildman–Crippen LogP) is -0.443. The summed E-state index contributed by atoms with van der Waals surface area (Å²) in [5.74, 6) is 6.20. The topological polar surface area (TPSA) is 113 Å². The van der Waals surface area contributed by atoms with E-state index in [0.717, 1.165) is 24.2 Å². The molecule has 2 aromatic heterocycles. The summed E-state index contributed by atoms with van der Waals surface area (Å²) in [6.07, 6.45) is 4.35. The van der Waals surface area contributed by atoms with Crippen LogP contribution in [0.5, 0.6) is 0 Å². The monoisotopic (exact) mass is 250 g/mol. The first kappa shape index (κ1) is 12.5. The lowest BCUT2D eigenvalue weighted by molar-refractivity contribution is 0.512. The van der Waals surface area contributed by atoms with E-state index < -0.39 is 0 Å². The first-order valence-electron chi connectivity index (χ1n) is 5.80. The minimum atomic E-state index is -0.264. The van der Waals surface area contributed by atoms with E-state index in [1.165, 1.54) is 0 Å². The zero-order valence-corrected chi connectivity index (χ0v) is 10.5. The molecule has 8 heteroatoms. The summed E-state index contributed by atoms with van der Waals surface area (Å²) in [5.41, 5.74) is 10.4. The maximum absolute atomic E-state index is 5.96. The standard InChI is InChI=1S/C10H18N8/c1-3-4-18-8(6-13-16-18)9(15-12)7-5-14-17(2)10(7)11/h5-6,9,15H,3-4,11-12H2,1-2H3. The third-order valence-electron chi connectivity index (χ3n) is 2.87. The molecule has 1 atom stereocenters. The molecule has 0 aliphatic carbocycles. The molecule has 0 saturated heterocycles. The van der Waals surface area contributed by atoms with Crippen molar-refractivity contribution in [2.45, 2.75) is 25.9 Å². The lowest BCUT2D eigenvalue weighted by atomic mass is 10.1. The molecule has 2 heterocycles. The van der Waals surface area contributed by atoms with Crippen molar-refractivity contribution in [3.63, 3.8) is 0 Å². The number of nitrogens with zero attached hydrogens (tertiary/aromatic N) is 5. The molecular weight excluding hydrogens is 232 g/mol. The third-order valence-corrected chi connectivity index (χ3v) is 2.87. The average Bonchev–Trinajstić information content (AvgIpc) is 2.93. The molecule has 2 rings (SSSR count). The van der Waals surface area contributed by atoms with Crippen LogP contribution >= 0.6 is 0 Å². The van der Waals surface area contributed by atoms with Crippen LogP contribution in [0.15, 0.2) is 12.4 Å². The Morgan fingerprint density at radius 1 is 1.44 bits per heavy atom. The van der Waals surface area contributed by atoms with E-state index in [9.17, 15) is 0 Å². The van der Waals surface area contributed by atoms with Gasteiger partial charge in [-0.05, 0) is 6.42 Å². The van der Waals surface area contributed by atoms with Crippen LogP contribution in [-0.4, -0.2) is 24.8 Å². The minimum Gasteiger partial charge on any atom is -0.384 e. The van der Waals surface area contributed by atoms with Gasteiger partial charge in [0.05, 0.1) is 24.1 Å². The van der Waals surface area contributed by atoms with Gasteiger partial charge < -0.3 is 5.73 Å². The summed E-state index contributed by atoms with van der Waals surface area (Å²) in [7, 11) is 1.79. The Balaban J connectivity index is 2.39. The fourth-order valence-electron chi connectivity index (χ4n) is 1.90. The second kappa shape index (κ2) is 5.15. The zero-order chi connectivity index (χ0) is 13.1. The molecule has 98 valence electrons. The van der Waals surface area contributed by atoms with E-state index in [0.29, 0.717) is 5.82 Å². The van der Waals surface area contributed by atoms with E-state index in [4.69, 9.17) is 11.6 Å². The molecule has 2 aromatic rings. The van der Waals surface area contributed by atoms with Crippen molar-refractivity contribution in [2.75, 3.05) is 5.73 Å². The Labute approximate surface area is 105 Å². The van der Waals surface area contributed by atoms with Crippen LogP contribution in [0, 0.1) is 0 Å². The molecule has 0 saturated carbocycles. The first-order valence-corrected chi connectivity index (χ1v) is 5.80. The Hall–Kier alpha value is -1.93. The number of hydrogen-bond acceptors (Lipinski definition) is 6. The van der Waals surface area contributed by atoms with Gasteiger partial charge in [0, 0.05) is 19.2 Å². The van der Waals surface area contributed by atoms with Crippen LogP contribution in [0.4, 0.5) is 5.82 Å². The highest BCUT2D eigenvalue weighted by molar-refractivity contribution is 5.43. The zero-order valence-electron chi connectivity index (χ0n) is 10.5. The van der Waals surface area contributed by atoms with Gasteiger partial charge in [0.1, 0.15) is 5.82 Å². The third kappa shape index (κ3) is 2.07. The molecule has 5 N–H and O–H groups in total. The number of hydrogen-bond donors (Lipinski definition) is 3. The highest BCUT2D eigenvalue weighted by Gasteiger charge is 2.22. The van der Waals surface area contributed by atoms with Gasteiger partial charge in [-0.15, -0.1) is 5.10 Å². The van der Waals surface area contributed by atoms with E-state index in [1.54, 1.807) is 24.1 Å². The number of aryl methyl sites for hydroxylation is 2. The summed E-state index contributed by atoms with van der Waals surface area (Å²) in [6.45, 7) is 2.86. The molecule has 1 unspecified atom stereocenters. The van der Waals surface area contributed by atoms with Crippen molar-refractivity contribution in [3.8, 4) is 0 Å². The van der Waals surface area contributed by atoms with Crippen molar-refractivity contribution in [1.82, 2.24) is 30.2 Å². The van der Waals surface area contributed by atoms with Gasteiger partial charge in [0.2, 0.25) is 0 Å².